The summed E-state index contributed by atoms with van der Waals surface area (Å²) in [7, 11) is 1.32. The first-order valence-electron chi connectivity index (χ1n) is 4.92. The van der Waals surface area contributed by atoms with Crippen LogP contribution in [0.2, 0.25) is 0 Å². The van der Waals surface area contributed by atoms with Crippen molar-refractivity contribution in [2.24, 2.45) is 11.8 Å². The van der Waals surface area contributed by atoms with Crippen molar-refractivity contribution < 1.29 is 13.2 Å². The first-order valence-corrected chi connectivity index (χ1v) is 7.18. The van der Waals surface area contributed by atoms with Gasteiger partial charge in [-0.05, 0) is 11.8 Å². The van der Waals surface area contributed by atoms with Crippen LogP contribution in [0.5, 0.6) is 0 Å². The monoisotopic (exact) mass is 253 g/mol. The van der Waals surface area contributed by atoms with Crippen LogP contribution in [-0.2, 0) is 14.0 Å². The zero-order valence-electron chi connectivity index (χ0n) is 9.32. The lowest BCUT2D eigenvalue weighted by molar-refractivity contribution is -0.153. The summed E-state index contributed by atoms with van der Waals surface area (Å²) >= 11 is 0. The molecule has 0 saturated carbocycles. The van der Waals surface area contributed by atoms with Crippen molar-refractivity contribution in [2.75, 3.05) is 0 Å². The van der Waals surface area contributed by atoms with Crippen molar-refractivity contribution in [1.29, 1.82) is 0 Å². The molecule has 0 unspecified atom stereocenters. The Kier molecular flexibility index (Phi) is 3.09. The van der Waals surface area contributed by atoms with Gasteiger partial charge >= 0.3 is 9.24 Å². The second-order valence-electron chi connectivity index (χ2n) is 4.58. The fourth-order valence-electron chi connectivity index (χ4n) is 2.40. The van der Waals surface area contributed by atoms with Crippen molar-refractivity contribution in [3.05, 3.63) is 0 Å². The Hall–Kier alpha value is -0.290. The number of rotatable bonds is 3. The molecule has 0 aromatic carbocycles. The van der Waals surface area contributed by atoms with E-state index in [2.05, 4.69) is 0 Å². The number of β-lactam (4-membered cyclic amide) rings is 1. The van der Waals surface area contributed by atoms with E-state index in [4.69, 9.17) is 10.7 Å². The zero-order valence-corrected chi connectivity index (χ0v) is 10.9. The third-order valence-corrected chi connectivity index (χ3v) is 4.65. The van der Waals surface area contributed by atoms with Crippen LogP contribution >= 0.6 is 10.7 Å². The van der Waals surface area contributed by atoms with Crippen molar-refractivity contribution in [3.8, 4) is 0 Å². The minimum absolute atomic E-state index is 0.0590. The molecular weight excluding hydrogens is 238 g/mol. The van der Waals surface area contributed by atoms with Crippen LogP contribution in [0.15, 0.2) is 0 Å². The predicted octanol–water partition coefficient (Wildman–Crippen LogP) is 1.75. The standard InChI is InChI=1S/C9H16ClNO3S/c1-6(2)9(7(3)4)5-8(12)11(9)15(10,13)14/h6-7H,5H2,1-4H3. The molecule has 1 amide bonds. The van der Waals surface area contributed by atoms with E-state index in [1.807, 2.05) is 27.7 Å². The van der Waals surface area contributed by atoms with Gasteiger partial charge in [0.1, 0.15) is 0 Å². The van der Waals surface area contributed by atoms with Crippen molar-refractivity contribution in [1.82, 2.24) is 4.31 Å². The van der Waals surface area contributed by atoms with Crippen LogP contribution in [0, 0.1) is 11.8 Å². The predicted molar refractivity (Wildman–Crippen MR) is 58.6 cm³/mol. The lowest BCUT2D eigenvalue weighted by Gasteiger charge is -2.54. The summed E-state index contributed by atoms with van der Waals surface area (Å²) in [5.74, 6) is -0.292. The number of nitrogens with zero attached hydrogens (tertiary/aromatic N) is 1. The van der Waals surface area contributed by atoms with Crippen LogP contribution in [0.1, 0.15) is 34.1 Å². The van der Waals surface area contributed by atoms with Gasteiger partial charge in [0.2, 0.25) is 5.91 Å². The molecule has 88 valence electrons. The molecule has 0 aromatic rings. The average Bonchev–Trinajstić information content (AvgIpc) is 1.93. The average molecular weight is 254 g/mol. The molecule has 1 saturated heterocycles. The molecule has 4 nitrogen and oxygen atoms in total. The molecule has 0 spiro atoms. The minimum Gasteiger partial charge on any atom is -0.274 e. The Morgan fingerprint density at radius 2 is 1.67 bits per heavy atom. The van der Waals surface area contributed by atoms with Gasteiger partial charge in [-0.25, -0.2) is 4.31 Å². The second kappa shape index (κ2) is 3.63. The Bertz CT molecular complexity index is 367. The highest BCUT2D eigenvalue weighted by atomic mass is 35.7. The molecule has 0 atom stereocenters. The van der Waals surface area contributed by atoms with Crippen LogP contribution < -0.4 is 0 Å². The van der Waals surface area contributed by atoms with Gasteiger partial charge in [0.15, 0.2) is 0 Å². The van der Waals surface area contributed by atoms with E-state index in [-0.39, 0.29) is 18.3 Å². The van der Waals surface area contributed by atoms with E-state index < -0.39 is 20.7 Å². The summed E-state index contributed by atoms with van der Waals surface area (Å²) in [5, 5.41) is 0. The molecule has 15 heavy (non-hydrogen) atoms. The van der Waals surface area contributed by atoms with E-state index >= 15 is 0 Å². The van der Waals surface area contributed by atoms with Gasteiger partial charge in [-0.2, -0.15) is 8.42 Å². The summed E-state index contributed by atoms with van der Waals surface area (Å²) in [4.78, 5) is 11.4. The molecule has 0 aliphatic carbocycles. The van der Waals surface area contributed by atoms with Gasteiger partial charge in [-0.15, -0.1) is 0 Å². The quantitative estimate of drug-likeness (QED) is 0.569. The van der Waals surface area contributed by atoms with E-state index in [0.29, 0.717) is 0 Å². The van der Waals surface area contributed by atoms with Crippen molar-refractivity contribution in [3.63, 3.8) is 0 Å². The SMILES string of the molecule is CC(C)C1(C(C)C)CC(=O)N1S(=O)(=O)Cl. The fraction of sp³-hybridized carbons (Fsp3) is 0.889. The maximum Gasteiger partial charge on any atom is 0.324 e. The third-order valence-electron chi connectivity index (χ3n) is 3.26. The van der Waals surface area contributed by atoms with Gasteiger partial charge < -0.3 is 0 Å². The molecular formula is C9H16ClNO3S. The molecule has 1 aliphatic rings. The maximum atomic E-state index is 11.4. The van der Waals surface area contributed by atoms with Gasteiger partial charge in [-0.3, -0.25) is 4.79 Å². The van der Waals surface area contributed by atoms with E-state index in [1.165, 1.54) is 0 Å². The lowest BCUT2D eigenvalue weighted by atomic mass is 9.69. The van der Waals surface area contributed by atoms with Crippen LogP contribution in [0.3, 0.4) is 0 Å². The number of hydrogen-bond donors (Lipinski definition) is 0. The number of carbonyl (C=O) groups is 1. The van der Waals surface area contributed by atoms with E-state index in [1.54, 1.807) is 0 Å². The van der Waals surface area contributed by atoms with Gasteiger partial charge in [0, 0.05) is 10.7 Å². The summed E-state index contributed by atoms with van der Waals surface area (Å²) < 4.78 is 23.5. The highest BCUT2D eigenvalue weighted by Gasteiger charge is 2.59. The fourth-order valence-corrected chi connectivity index (χ4v) is 4.21. The third kappa shape index (κ3) is 1.76. The van der Waals surface area contributed by atoms with Crippen LogP contribution in [0.25, 0.3) is 0 Å². The van der Waals surface area contributed by atoms with E-state index in [9.17, 15) is 13.2 Å². The molecule has 0 aromatic heterocycles. The lowest BCUT2D eigenvalue weighted by Crippen LogP contribution is -2.69. The maximum absolute atomic E-state index is 11.4. The number of amides is 1. The molecule has 0 N–H and O–H groups in total. The summed E-state index contributed by atoms with van der Waals surface area (Å²) in [6.07, 6.45) is 0.258. The Morgan fingerprint density at radius 3 is 1.80 bits per heavy atom. The van der Waals surface area contributed by atoms with Crippen molar-refractivity contribution >= 4 is 25.8 Å². The van der Waals surface area contributed by atoms with Crippen LogP contribution in [0.4, 0.5) is 0 Å². The zero-order chi connectivity index (χ0) is 12.0. The largest absolute Gasteiger partial charge is 0.324 e. The normalized spacial score (nSPS) is 21.0. The van der Waals surface area contributed by atoms with Gasteiger partial charge in [0.05, 0.1) is 12.0 Å². The Balaban J connectivity index is 3.20. The Labute approximate surface area is 95.1 Å². The molecule has 1 rings (SSSR count). The molecule has 1 heterocycles. The summed E-state index contributed by atoms with van der Waals surface area (Å²) in [5.41, 5.74) is -0.641. The molecule has 6 heteroatoms. The first kappa shape index (κ1) is 12.8. The highest BCUT2D eigenvalue weighted by Crippen LogP contribution is 2.46. The number of hydrogen-bond acceptors (Lipinski definition) is 3. The number of carbonyl (C=O) groups excluding carboxylic acids is 1. The molecule has 0 radical (unpaired) electrons. The summed E-state index contributed by atoms with van der Waals surface area (Å²) in [6.45, 7) is 7.62. The second-order valence-corrected chi connectivity index (χ2v) is 6.94. The minimum atomic E-state index is -3.96. The smallest absolute Gasteiger partial charge is 0.274 e. The molecule has 1 fully saturated rings. The van der Waals surface area contributed by atoms with Gasteiger partial charge in [-0.1, -0.05) is 27.7 Å². The van der Waals surface area contributed by atoms with Crippen LogP contribution in [-0.4, -0.2) is 24.2 Å². The molecule has 0 bridgehead atoms. The number of halogens is 1. The Morgan fingerprint density at radius 1 is 1.27 bits per heavy atom. The van der Waals surface area contributed by atoms with Gasteiger partial charge in [0.25, 0.3) is 0 Å². The van der Waals surface area contributed by atoms with Crippen molar-refractivity contribution in [2.45, 2.75) is 39.7 Å². The topological polar surface area (TPSA) is 54.5 Å². The first-order chi connectivity index (χ1) is 6.64. The van der Waals surface area contributed by atoms with E-state index in [0.717, 1.165) is 4.31 Å². The molecule has 1 aliphatic heterocycles. The highest BCUT2D eigenvalue weighted by molar-refractivity contribution is 8.12. The summed E-state index contributed by atoms with van der Waals surface area (Å²) in [6, 6.07) is 0.